The Morgan fingerprint density at radius 3 is 2.80 bits per heavy atom. The SMILES string of the molecule is CCCCN(C)CC(=O)Nc1ccc(Cl)cc1[N+](=O)[O-]. The lowest BCUT2D eigenvalue weighted by molar-refractivity contribution is -0.383. The third-order valence-electron chi connectivity index (χ3n) is 2.74. The molecule has 0 atom stereocenters. The molecule has 1 rings (SSSR count). The van der Waals surface area contributed by atoms with E-state index in [1.807, 2.05) is 11.9 Å². The van der Waals surface area contributed by atoms with Crippen LogP contribution in [0.3, 0.4) is 0 Å². The van der Waals surface area contributed by atoms with Crippen molar-refractivity contribution in [1.82, 2.24) is 4.90 Å². The number of anilines is 1. The summed E-state index contributed by atoms with van der Waals surface area (Å²) in [5.74, 6) is -0.283. The Hall–Kier alpha value is -1.66. The molecule has 0 saturated carbocycles. The first kappa shape index (κ1) is 16.4. The molecule has 7 heteroatoms. The van der Waals surface area contributed by atoms with Gasteiger partial charge in [-0.15, -0.1) is 0 Å². The summed E-state index contributed by atoms with van der Waals surface area (Å²) in [5, 5.41) is 13.7. The maximum absolute atomic E-state index is 11.8. The molecule has 20 heavy (non-hydrogen) atoms. The Morgan fingerprint density at radius 2 is 2.20 bits per heavy atom. The smallest absolute Gasteiger partial charge is 0.294 e. The van der Waals surface area contributed by atoms with Crippen LogP contribution in [0.15, 0.2) is 18.2 Å². The molecule has 0 aromatic heterocycles. The quantitative estimate of drug-likeness (QED) is 0.620. The number of halogens is 1. The van der Waals surface area contributed by atoms with Crippen molar-refractivity contribution in [2.45, 2.75) is 19.8 Å². The number of unbranched alkanes of at least 4 members (excludes halogenated alkanes) is 1. The van der Waals surface area contributed by atoms with E-state index in [4.69, 9.17) is 11.6 Å². The van der Waals surface area contributed by atoms with Gasteiger partial charge >= 0.3 is 0 Å². The monoisotopic (exact) mass is 299 g/mol. The molecule has 6 nitrogen and oxygen atoms in total. The fourth-order valence-electron chi connectivity index (χ4n) is 1.70. The number of nitrogens with one attached hydrogen (secondary N) is 1. The summed E-state index contributed by atoms with van der Waals surface area (Å²) < 4.78 is 0. The summed E-state index contributed by atoms with van der Waals surface area (Å²) >= 11 is 5.71. The third-order valence-corrected chi connectivity index (χ3v) is 2.97. The van der Waals surface area contributed by atoms with Crippen LogP contribution in [0.2, 0.25) is 5.02 Å². The van der Waals surface area contributed by atoms with Crippen molar-refractivity contribution in [2.75, 3.05) is 25.5 Å². The van der Waals surface area contributed by atoms with Crippen LogP contribution < -0.4 is 5.32 Å². The molecule has 0 bridgehead atoms. The molecule has 110 valence electrons. The van der Waals surface area contributed by atoms with Crippen LogP contribution in [-0.2, 0) is 4.79 Å². The van der Waals surface area contributed by atoms with E-state index in [-0.39, 0.29) is 28.8 Å². The molecule has 1 N–H and O–H groups in total. The van der Waals surface area contributed by atoms with Gasteiger partial charge in [0, 0.05) is 11.1 Å². The van der Waals surface area contributed by atoms with E-state index in [2.05, 4.69) is 12.2 Å². The van der Waals surface area contributed by atoms with E-state index < -0.39 is 4.92 Å². The van der Waals surface area contributed by atoms with Crippen molar-refractivity contribution in [3.8, 4) is 0 Å². The third kappa shape index (κ3) is 5.14. The summed E-state index contributed by atoms with van der Waals surface area (Å²) in [6.45, 7) is 3.08. The average molecular weight is 300 g/mol. The van der Waals surface area contributed by atoms with E-state index in [1.54, 1.807) is 0 Å². The van der Waals surface area contributed by atoms with E-state index in [0.29, 0.717) is 0 Å². The summed E-state index contributed by atoms with van der Waals surface area (Å²) in [6.07, 6.45) is 2.06. The second kappa shape index (κ2) is 7.81. The predicted molar refractivity (Wildman–Crippen MR) is 79.1 cm³/mol. The number of amides is 1. The van der Waals surface area contributed by atoms with Crippen LogP contribution in [0, 0.1) is 10.1 Å². The fourth-order valence-corrected chi connectivity index (χ4v) is 1.87. The Kier molecular flexibility index (Phi) is 6.41. The van der Waals surface area contributed by atoms with Gasteiger partial charge in [0.15, 0.2) is 0 Å². The van der Waals surface area contributed by atoms with Crippen LogP contribution in [0.1, 0.15) is 19.8 Å². The van der Waals surface area contributed by atoms with Crippen LogP contribution >= 0.6 is 11.6 Å². The van der Waals surface area contributed by atoms with Gasteiger partial charge in [0.1, 0.15) is 5.69 Å². The summed E-state index contributed by atoms with van der Waals surface area (Å²) in [6, 6.07) is 4.16. The highest BCUT2D eigenvalue weighted by Crippen LogP contribution is 2.27. The minimum atomic E-state index is -0.567. The topological polar surface area (TPSA) is 75.5 Å². The Morgan fingerprint density at radius 1 is 1.50 bits per heavy atom. The normalized spacial score (nSPS) is 10.6. The molecule has 1 aromatic carbocycles. The molecule has 0 aliphatic heterocycles. The minimum absolute atomic E-state index is 0.160. The van der Waals surface area contributed by atoms with Crippen molar-refractivity contribution in [3.63, 3.8) is 0 Å². The molecule has 0 aliphatic rings. The van der Waals surface area contributed by atoms with Gasteiger partial charge in [0.25, 0.3) is 5.69 Å². The van der Waals surface area contributed by atoms with Gasteiger partial charge in [-0.1, -0.05) is 24.9 Å². The first-order valence-corrected chi connectivity index (χ1v) is 6.74. The van der Waals surface area contributed by atoms with E-state index in [1.165, 1.54) is 18.2 Å². The Labute approximate surface area is 122 Å². The zero-order chi connectivity index (χ0) is 15.1. The molecule has 0 heterocycles. The Balaban J connectivity index is 2.68. The molecule has 1 amide bonds. The van der Waals surface area contributed by atoms with Crippen molar-refractivity contribution < 1.29 is 9.72 Å². The molecule has 0 unspecified atom stereocenters. The van der Waals surface area contributed by atoms with E-state index in [9.17, 15) is 14.9 Å². The second-order valence-electron chi connectivity index (χ2n) is 4.56. The zero-order valence-corrected chi connectivity index (χ0v) is 12.3. The molecule has 0 saturated heterocycles. The maximum Gasteiger partial charge on any atom is 0.294 e. The van der Waals surface area contributed by atoms with Crippen molar-refractivity contribution >= 4 is 28.9 Å². The number of hydrogen-bond acceptors (Lipinski definition) is 4. The molecule has 0 radical (unpaired) electrons. The molecule has 1 aromatic rings. The first-order chi connectivity index (χ1) is 9.43. The van der Waals surface area contributed by atoms with Crippen molar-refractivity contribution in [3.05, 3.63) is 33.3 Å². The van der Waals surface area contributed by atoms with Gasteiger partial charge in [0.05, 0.1) is 11.5 Å². The number of carbonyl (C=O) groups excluding carboxylic acids is 1. The Bertz CT molecular complexity index is 494. The molecular weight excluding hydrogens is 282 g/mol. The van der Waals surface area contributed by atoms with Crippen molar-refractivity contribution in [1.29, 1.82) is 0 Å². The van der Waals surface area contributed by atoms with Crippen molar-refractivity contribution in [2.24, 2.45) is 0 Å². The number of hydrogen-bond donors (Lipinski definition) is 1. The second-order valence-corrected chi connectivity index (χ2v) is 4.99. The molecule has 0 aliphatic carbocycles. The fraction of sp³-hybridized carbons (Fsp3) is 0.462. The number of benzene rings is 1. The highest BCUT2D eigenvalue weighted by Gasteiger charge is 2.17. The standard InChI is InChI=1S/C13H18ClN3O3/c1-3-4-7-16(2)9-13(18)15-11-6-5-10(14)8-12(11)17(19)20/h5-6,8H,3-4,7,9H2,1-2H3,(H,15,18). The minimum Gasteiger partial charge on any atom is -0.319 e. The number of nitro groups is 1. The van der Waals surface area contributed by atoms with Gasteiger partial charge in [0.2, 0.25) is 5.91 Å². The van der Waals surface area contributed by atoms with Gasteiger partial charge in [-0.3, -0.25) is 19.8 Å². The highest BCUT2D eigenvalue weighted by atomic mass is 35.5. The van der Waals surface area contributed by atoms with E-state index in [0.717, 1.165) is 19.4 Å². The van der Waals surface area contributed by atoms with Gasteiger partial charge in [-0.2, -0.15) is 0 Å². The zero-order valence-electron chi connectivity index (χ0n) is 11.6. The lowest BCUT2D eigenvalue weighted by Gasteiger charge is -2.15. The lowest BCUT2D eigenvalue weighted by atomic mass is 10.2. The number of rotatable bonds is 7. The molecule has 0 fully saturated rings. The van der Waals surface area contributed by atoms with Crippen LogP contribution in [0.5, 0.6) is 0 Å². The van der Waals surface area contributed by atoms with Crippen LogP contribution in [-0.4, -0.2) is 35.9 Å². The van der Waals surface area contributed by atoms with Gasteiger partial charge < -0.3 is 5.32 Å². The first-order valence-electron chi connectivity index (χ1n) is 6.36. The van der Waals surface area contributed by atoms with Crippen LogP contribution in [0.4, 0.5) is 11.4 Å². The molecular formula is C13H18ClN3O3. The number of likely N-dealkylation sites (N-methyl/N-ethyl adjacent to an activating group) is 1. The summed E-state index contributed by atoms with van der Waals surface area (Å²) in [7, 11) is 1.84. The summed E-state index contributed by atoms with van der Waals surface area (Å²) in [5.41, 5.74) is -0.0460. The highest BCUT2D eigenvalue weighted by molar-refractivity contribution is 6.31. The van der Waals surface area contributed by atoms with Gasteiger partial charge in [-0.25, -0.2) is 0 Å². The maximum atomic E-state index is 11.8. The van der Waals surface area contributed by atoms with Crippen LogP contribution in [0.25, 0.3) is 0 Å². The largest absolute Gasteiger partial charge is 0.319 e. The number of nitro benzene ring substituents is 1. The summed E-state index contributed by atoms with van der Waals surface area (Å²) in [4.78, 5) is 24.1. The molecule has 0 spiro atoms. The van der Waals surface area contributed by atoms with Gasteiger partial charge in [-0.05, 0) is 32.1 Å². The van der Waals surface area contributed by atoms with E-state index >= 15 is 0 Å². The lowest BCUT2D eigenvalue weighted by Crippen LogP contribution is -2.31. The predicted octanol–water partition coefficient (Wildman–Crippen LogP) is 2.92. The average Bonchev–Trinajstić information content (AvgIpc) is 2.38. The number of carbonyl (C=O) groups is 1. The number of nitrogens with zero attached hydrogens (tertiary/aromatic N) is 2.